The van der Waals surface area contributed by atoms with Gasteiger partial charge in [0.15, 0.2) is 0 Å². The average Bonchev–Trinajstić information content (AvgIpc) is 3.28. The SMILES string of the molecule is O=C(CCc1cn[nH]n1)NCC(c1cccs1)N1CCOCC1. The van der Waals surface area contributed by atoms with E-state index < -0.39 is 0 Å². The molecule has 23 heavy (non-hydrogen) atoms. The van der Waals surface area contributed by atoms with Crippen molar-refractivity contribution in [1.82, 2.24) is 25.6 Å². The van der Waals surface area contributed by atoms with Crippen molar-refractivity contribution in [2.75, 3.05) is 32.8 Å². The number of aromatic amines is 1. The molecule has 1 amide bonds. The molecule has 0 spiro atoms. The molecule has 0 aromatic carbocycles. The highest BCUT2D eigenvalue weighted by molar-refractivity contribution is 7.10. The number of aryl methyl sites for hydroxylation is 1. The molecule has 2 aromatic heterocycles. The summed E-state index contributed by atoms with van der Waals surface area (Å²) in [5, 5.41) is 15.4. The summed E-state index contributed by atoms with van der Waals surface area (Å²) in [6.45, 7) is 3.93. The summed E-state index contributed by atoms with van der Waals surface area (Å²) in [5.74, 6) is 0.0443. The summed E-state index contributed by atoms with van der Waals surface area (Å²) in [6.07, 6.45) is 2.67. The minimum absolute atomic E-state index is 0.0443. The van der Waals surface area contributed by atoms with Gasteiger partial charge in [0.1, 0.15) is 0 Å². The molecule has 124 valence electrons. The van der Waals surface area contributed by atoms with Crippen LogP contribution in [-0.2, 0) is 16.0 Å². The van der Waals surface area contributed by atoms with E-state index in [1.54, 1.807) is 17.5 Å². The fourth-order valence-corrected chi connectivity index (χ4v) is 3.53. The van der Waals surface area contributed by atoms with Crippen LogP contribution in [0.2, 0.25) is 0 Å². The van der Waals surface area contributed by atoms with Crippen molar-refractivity contribution < 1.29 is 9.53 Å². The molecule has 0 bridgehead atoms. The lowest BCUT2D eigenvalue weighted by Crippen LogP contribution is -2.43. The van der Waals surface area contributed by atoms with Gasteiger partial charge in [0.2, 0.25) is 5.91 Å². The van der Waals surface area contributed by atoms with E-state index in [1.165, 1.54) is 4.88 Å². The van der Waals surface area contributed by atoms with Gasteiger partial charge in [-0.25, -0.2) is 0 Å². The molecule has 2 aromatic rings. The monoisotopic (exact) mass is 335 g/mol. The summed E-state index contributed by atoms with van der Waals surface area (Å²) in [4.78, 5) is 15.7. The molecule has 0 aliphatic carbocycles. The van der Waals surface area contributed by atoms with E-state index in [9.17, 15) is 4.79 Å². The van der Waals surface area contributed by atoms with Crippen LogP contribution in [0.3, 0.4) is 0 Å². The molecule has 1 saturated heterocycles. The highest BCUT2D eigenvalue weighted by atomic mass is 32.1. The summed E-state index contributed by atoms with van der Waals surface area (Å²) >= 11 is 1.73. The predicted octanol–water partition coefficient (Wildman–Crippen LogP) is 0.988. The van der Waals surface area contributed by atoms with Crippen molar-refractivity contribution in [2.45, 2.75) is 18.9 Å². The minimum atomic E-state index is 0.0443. The van der Waals surface area contributed by atoms with Gasteiger partial charge in [-0.1, -0.05) is 6.07 Å². The molecule has 8 heteroatoms. The number of hydrogen-bond donors (Lipinski definition) is 2. The van der Waals surface area contributed by atoms with Crippen molar-refractivity contribution in [3.8, 4) is 0 Å². The van der Waals surface area contributed by atoms with Gasteiger partial charge in [0, 0.05) is 37.4 Å². The number of nitrogens with zero attached hydrogens (tertiary/aromatic N) is 3. The predicted molar refractivity (Wildman–Crippen MR) is 87.2 cm³/mol. The quantitative estimate of drug-likeness (QED) is 0.788. The molecule has 1 atom stereocenters. The largest absolute Gasteiger partial charge is 0.379 e. The lowest BCUT2D eigenvalue weighted by molar-refractivity contribution is -0.121. The standard InChI is InChI=1S/C15H21N5O2S/c21-15(4-3-12-10-17-19-18-12)16-11-13(14-2-1-9-23-14)20-5-7-22-8-6-20/h1-2,9-10,13H,3-8,11H2,(H,16,21)(H,17,18,19). The average molecular weight is 335 g/mol. The fourth-order valence-electron chi connectivity index (χ4n) is 2.67. The minimum Gasteiger partial charge on any atom is -0.379 e. The summed E-state index contributed by atoms with van der Waals surface area (Å²) in [7, 11) is 0. The van der Waals surface area contributed by atoms with Gasteiger partial charge < -0.3 is 10.1 Å². The zero-order chi connectivity index (χ0) is 15.9. The van der Waals surface area contributed by atoms with Crippen molar-refractivity contribution >= 4 is 17.2 Å². The number of H-pyrrole nitrogens is 1. The number of morpholine rings is 1. The molecule has 2 N–H and O–H groups in total. The molecular formula is C15H21N5O2S. The molecule has 7 nitrogen and oxygen atoms in total. The number of amides is 1. The normalized spacial score (nSPS) is 17.0. The van der Waals surface area contributed by atoms with Gasteiger partial charge in [0.25, 0.3) is 0 Å². The van der Waals surface area contributed by atoms with E-state index in [0.717, 1.165) is 32.0 Å². The molecule has 0 radical (unpaired) electrons. The Bertz CT molecular complexity index is 581. The van der Waals surface area contributed by atoms with E-state index in [1.807, 2.05) is 0 Å². The number of ether oxygens (including phenoxy) is 1. The summed E-state index contributed by atoms with van der Waals surface area (Å²) in [6, 6.07) is 4.40. The first-order valence-corrected chi connectivity index (χ1v) is 8.67. The summed E-state index contributed by atoms with van der Waals surface area (Å²) in [5.41, 5.74) is 0.808. The second-order valence-electron chi connectivity index (χ2n) is 5.44. The lowest BCUT2D eigenvalue weighted by atomic mass is 10.1. The molecule has 1 aliphatic heterocycles. The van der Waals surface area contributed by atoms with E-state index in [-0.39, 0.29) is 11.9 Å². The highest BCUT2D eigenvalue weighted by Gasteiger charge is 2.23. The Kier molecular flexibility index (Phi) is 5.73. The molecule has 1 aliphatic rings. The zero-order valence-electron chi connectivity index (χ0n) is 12.9. The molecule has 1 unspecified atom stereocenters. The van der Waals surface area contributed by atoms with Crippen molar-refractivity contribution in [1.29, 1.82) is 0 Å². The Balaban J connectivity index is 1.52. The van der Waals surface area contributed by atoms with Gasteiger partial charge in [0.05, 0.1) is 31.1 Å². The number of rotatable bonds is 7. The number of carbonyl (C=O) groups excluding carboxylic acids is 1. The molecule has 0 saturated carbocycles. The van der Waals surface area contributed by atoms with Crippen LogP contribution in [0.4, 0.5) is 0 Å². The lowest BCUT2D eigenvalue weighted by Gasteiger charge is -2.34. The molecular weight excluding hydrogens is 314 g/mol. The van der Waals surface area contributed by atoms with E-state index in [4.69, 9.17) is 4.74 Å². The van der Waals surface area contributed by atoms with Crippen molar-refractivity contribution in [3.63, 3.8) is 0 Å². The Morgan fingerprint density at radius 1 is 1.48 bits per heavy atom. The Hall–Kier alpha value is -1.77. The van der Waals surface area contributed by atoms with Crippen LogP contribution in [0.15, 0.2) is 23.7 Å². The first-order chi connectivity index (χ1) is 11.3. The summed E-state index contributed by atoms with van der Waals surface area (Å²) < 4.78 is 5.43. The number of carbonyl (C=O) groups is 1. The second kappa shape index (κ2) is 8.19. The Morgan fingerprint density at radius 3 is 3.04 bits per heavy atom. The first-order valence-electron chi connectivity index (χ1n) is 7.79. The second-order valence-corrected chi connectivity index (χ2v) is 6.42. The van der Waals surface area contributed by atoms with Crippen LogP contribution in [0.1, 0.15) is 23.0 Å². The van der Waals surface area contributed by atoms with Crippen LogP contribution in [0, 0.1) is 0 Å². The Morgan fingerprint density at radius 2 is 2.35 bits per heavy atom. The smallest absolute Gasteiger partial charge is 0.220 e. The highest BCUT2D eigenvalue weighted by Crippen LogP contribution is 2.25. The van der Waals surface area contributed by atoms with Gasteiger partial charge in [-0.05, 0) is 11.4 Å². The number of thiophene rings is 1. The maximum Gasteiger partial charge on any atom is 0.220 e. The molecule has 3 heterocycles. The van der Waals surface area contributed by atoms with Crippen molar-refractivity contribution in [2.24, 2.45) is 0 Å². The topological polar surface area (TPSA) is 83.1 Å². The van der Waals surface area contributed by atoms with Crippen LogP contribution < -0.4 is 5.32 Å². The van der Waals surface area contributed by atoms with Crippen LogP contribution >= 0.6 is 11.3 Å². The fraction of sp³-hybridized carbons (Fsp3) is 0.533. The maximum absolute atomic E-state index is 12.1. The van der Waals surface area contributed by atoms with Gasteiger partial charge >= 0.3 is 0 Å². The van der Waals surface area contributed by atoms with E-state index >= 15 is 0 Å². The number of hydrogen-bond acceptors (Lipinski definition) is 6. The zero-order valence-corrected chi connectivity index (χ0v) is 13.7. The van der Waals surface area contributed by atoms with Gasteiger partial charge in [-0.3, -0.25) is 9.69 Å². The van der Waals surface area contributed by atoms with Gasteiger partial charge in [-0.15, -0.1) is 11.3 Å². The van der Waals surface area contributed by atoms with E-state index in [0.29, 0.717) is 19.4 Å². The van der Waals surface area contributed by atoms with Crippen LogP contribution in [-0.4, -0.2) is 59.1 Å². The third-order valence-corrected chi connectivity index (χ3v) is 4.90. The van der Waals surface area contributed by atoms with Crippen LogP contribution in [0.25, 0.3) is 0 Å². The first kappa shape index (κ1) is 16.1. The Labute approximate surface area is 139 Å². The molecule has 3 rings (SSSR count). The van der Waals surface area contributed by atoms with E-state index in [2.05, 4.69) is 43.1 Å². The number of aromatic nitrogens is 3. The number of nitrogens with one attached hydrogen (secondary N) is 2. The van der Waals surface area contributed by atoms with Crippen LogP contribution in [0.5, 0.6) is 0 Å². The van der Waals surface area contributed by atoms with Gasteiger partial charge in [-0.2, -0.15) is 15.4 Å². The van der Waals surface area contributed by atoms with Crippen molar-refractivity contribution in [3.05, 3.63) is 34.3 Å². The third-order valence-electron chi connectivity index (χ3n) is 3.92. The molecule has 1 fully saturated rings. The third kappa shape index (κ3) is 4.60. The maximum atomic E-state index is 12.1.